The van der Waals surface area contributed by atoms with Gasteiger partial charge in [-0.3, -0.25) is 4.79 Å². The number of nitrogens with zero attached hydrogens (tertiary/aromatic N) is 2. The first-order valence-electron chi connectivity index (χ1n) is 6.27. The minimum absolute atomic E-state index is 0.189. The first kappa shape index (κ1) is 13.1. The zero-order valence-corrected chi connectivity index (χ0v) is 11.5. The minimum atomic E-state index is 0.189. The molecule has 0 aliphatic carbocycles. The third kappa shape index (κ3) is 2.93. The van der Waals surface area contributed by atoms with E-state index in [9.17, 15) is 4.79 Å². The quantitative estimate of drug-likeness (QED) is 0.912. The van der Waals surface area contributed by atoms with Crippen molar-refractivity contribution in [2.75, 3.05) is 18.4 Å². The Morgan fingerprint density at radius 3 is 2.94 bits per heavy atom. The van der Waals surface area contributed by atoms with E-state index >= 15 is 0 Å². The number of halogens is 1. The predicted octanol–water partition coefficient (Wildman–Crippen LogP) is 2.54. The number of anilines is 1. The van der Waals surface area contributed by atoms with E-state index in [2.05, 4.69) is 17.2 Å². The largest absolute Gasteiger partial charge is 0.370 e. The number of rotatable bonds is 4. The molecule has 98 valence electrons. The summed E-state index contributed by atoms with van der Waals surface area (Å²) in [5, 5.41) is 3.76. The summed E-state index contributed by atoms with van der Waals surface area (Å²) in [7, 11) is 0. The van der Waals surface area contributed by atoms with Gasteiger partial charge in [-0.1, -0.05) is 18.5 Å². The van der Waals surface area contributed by atoms with E-state index in [1.54, 1.807) is 0 Å². The molecule has 2 rings (SSSR count). The molecule has 0 aromatic carbocycles. The number of likely N-dealkylation sites (tertiary alicyclic amines) is 1. The van der Waals surface area contributed by atoms with E-state index in [-0.39, 0.29) is 5.91 Å². The summed E-state index contributed by atoms with van der Waals surface area (Å²) in [6, 6.07) is 3.68. The highest BCUT2D eigenvalue weighted by molar-refractivity contribution is 6.31. The summed E-state index contributed by atoms with van der Waals surface area (Å²) in [5.74, 6) is 1.42. The van der Waals surface area contributed by atoms with Crippen molar-refractivity contribution in [2.24, 2.45) is 5.92 Å². The van der Waals surface area contributed by atoms with Crippen LogP contribution in [0.3, 0.4) is 0 Å². The van der Waals surface area contributed by atoms with Gasteiger partial charge in [0, 0.05) is 19.5 Å². The van der Waals surface area contributed by atoms with Crippen molar-refractivity contribution in [3.8, 4) is 0 Å². The molecular weight excluding hydrogens is 250 g/mol. The zero-order chi connectivity index (χ0) is 13.1. The Hall–Kier alpha value is -1.29. The van der Waals surface area contributed by atoms with Gasteiger partial charge in [0.05, 0.1) is 17.3 Å². The Balaban J connectivity index is 2.13. The van der Waals surface area contributed by atoms with E-state index in [4.69, 9.17) is 11.6 Å². The number of pyridine rings is 1. The van der Waals surface area contributed by atoms with E-state index in [0.29, 0.717) is 23.9 Å². The van der Waals surface area contributed by atoms with E-state index < -0.39 is 0 Å². The maximum atomic E-state index is 11.8. The van der Waals surface area contributed by atoms with Crippen LogP contribution >= 0.6 is 11.6 Å². The molecule has 1 saturated heterocycles. The molecule has 4 nitrogen and oxygen atoms in total. The highest BCUT2D eigenvalue weighted by Gasteiger charge is 2.27. The van der Waals surface area contributed by atoms with Crippen LogP contribution < -0.4 is 5.32 Å². The van der Waals surface area contributed by atoms with E-state index in [0.717, 1.165) is 24.6 Å². The Bertz CT molecular complexity index is 450. The molecule has 1 aliphatic heterocycles. The van der Waals surface area contributed by atoms with Crippen LogP contribution in [0.25, 0.3) is 0 Å². The summed E-state index contributed by atoms with van der Waals surface area (Å²) >= 11 is 6.13. The minimum Gasteiger partial charge on any atom is -0.370 e. The molecule has 1 amide bonds. The Labute approximate surface area is 112 Å². The molecule has 5 heteroatoms. The van der Waals surface area contributed by atoms with Crippen LogP contribution in [0.5, 0.6) is 0 Å². The second-order valence-corrected chi connectivity index (χ2v) is 5.15. The highest BCUT2D eigenvalue weighted by atomic mass is 35.5. The first-order valence-corrected chi connectivity index (χ1v) is 6.65. The molecule has 0 spiro atoms. The molecule has 1 aromatic rings. The standard InChI is InChI=1S/C13H18ClN3O/c1-3-15-12-5-4-10(14)11(16-12)8-17-7-9(2)6-13(17)18/h4-5,9H,3,6-8H2,1-2H3,(H,15,16). The van der Waals surface area contributed by atoms with Crippen LogP contribution in [0, 0.1) is 5.92 Å². The van der Waals surface area contributed by atoms with Crippen LogP contribution in [-0.4, -0.2) is 28.9 Å². The fraction of sp³-hybridized carbons (Fsp3) is 0.538. The van der Waals surface area contributed by atoms with Crippen LogP contribution in [0.15, 0.2) is 12.1 Å². The van der Waals surface area contributed by atoms with Crippen LogP contribution in [-0.2, 0) is 11.3 Å². The second kappa shape index (κ2) is 5.57. The Kier molecular flexibility index (Phi) is 4.07. The van der Waals surface area contributed by atoms with Gasteiger partial charge < -0.3 is 10.2 Å². The van der Waals surface area contributed by atoms with Gasteiger partial charge in [0.15, 0.2) is 0 Å². The SMILES string of the molecule is CCNc1ccc(Cl)c(CN2CC(C)CC2=O)n1. The molecule has 18 heavy (non-hydrogen) atoms. The van der Waals surface area contributed by atoms with E-state index in [1.807, 2.05) is 24.0 Å². The van der Waals surface area contributed by atoms with Gasteiger partial charge in [-0.2, -0.15) is 0 Å². The van der Waals surface area contributed by atoms with Gasteiger partial charge >= 0.3 is 0 Å². The normalized spacial score (nSPS) is 19.4. The van der Waals surface area contributed by atoms with Crippen molar-refractivity contribution in [2.45, 2.75) is 26.8 Å². The lowest BCUT2D eigenvalue weighted by Gasteiger charge is -2.17. The average Bonchev–Trinajstić information content (AvgIpc) is 2.62. The molecule has 0 bridgehead atoms. The Morgan fingerprint density at radius 1 is 1.56 bits per heavy atom. The number of hydrogen-bond donors (Lipinski definition) is 1. The zero-order valence-electron chi connectivity index (χ0n) is 10.7. The lowest BCUT2D eigenvalue weighted by Crippen LogP contribution is -2.25. The third-order valence-electron chi connectivity index (χ3n) is 3.02. The number of amides is 1. The topological polar surface area (TPSA) is 45.2 Å². The fourth-order valence-electron chi connectivity index (χ4n) is 2.18. The van der Waals surface area contributed by atoms with Crippen molar-refractivity contribution in [3.05, 3.63) is 22.8 Å². The maximum Gasteiger partial charge on any atom is 0.223 e. The predicted molar refractivity (Wildman–Crippen MR) is 72.6 cm³/mol. The third-order valence-corrected chi connectivity index (χ3v) is 3.37. The number of carbonyl (C=O) groups is 1. The average molecular weight is 268 g/mol. The lowest BCUT2D eigenvalue weighted by molar-refractivity contribution is -0.128. The highest BCUT2D eigenvalue weighted by Crippen LogP contribution is 2.23. The van der Waals surface area contributed by atoms with E-state index in [1.165, 1.54) is 0 Å². The molecule has 0 saturated carbocycles. The molecule has 2 heterocycles. The summed E-state index contributed by atoms with van der Waals surface area (Å²) in [6.45, 7) is 6.21. The second-order valence-electron chi connectivity index (χ2n) is 4.74. The molecule has 1 atom stereocenters. The van der Waals surface area contributed by atoms with Gasteiger partial charge in [0.1, 0.15) is 5.82 Å². The number of aromatic nitrogens is 1. The smallest absolute Gasteiger partial charge is 0.223 e. The van der Waals surface area contributed by atoms with Crippen molar-refractivity contribution < 1.29 is 4.79 Å². The number of hydrogen-bond acceptors (Lipinski definition) is 3. The van der Waals surface area contributed by atoms with Crippen molar-refractivity contribution in [1.82, 2.24) is 9.88 Å². The monoisotopic (exact) mass is 267 g/mol. The molecule has 1 N–H and O–H groups in total. The lowest BCUT2D eigenvalue weighted by atomic mass is 10.2. The molecule has 1 fully saturated rings. The van der Waals surface area contributed by atoms with Crippen LogP contribution in [0.4, 0.5) is 5.82 Å². The molecule has 1 aromatic heterocycles. The summed E-state index contributed by atoms with van der Waals surface area (Å²) in [6.07, 6.45) is 0.629. The van der Waals surface area contributed by atoms with Crippen molar-refractivity contribution >= 4 is 23.3 Å². The number of carbonyl (C=O) groups excluding carboxylic acids is 1. The van der Waals surface area contributed by atoms with Gasteiger partial charge in [-0.15, -0.1) is 0 Å². The molecule has 1 aliphatic rings. The Morgan fingerprint density at radius 2 is 2.33 bits per heavy atom. The van der Waals surface area contributed by atoms with Gasteiger partial charge in [0.25, 0.3) is 0 Å². The van der Waals surface area contributed by atoms with Gasteiger partial charge in [-0.25, -0.2) is 4.98 Å². The van der Waals surface area contributed by atoms with Crippen LogP contribution in [0.1, 0.15) is 26.0 Å². The summed E-state index contributed by atoms with van der Waals surface area (Å²) in [5.41, 5.74) is 0.762. The maximum absolute atomic E-state index is 11.8. The molecular formula is C13H18ClN3O. The molecule has 0 radical (unpaired) electrons. The van der Waals surface area contributed by atoms with Gasteiger partial charge in [0.2, 0.25) is 5.91 Å². The first-order chi connectivity index (χ1) is 8.60. The summed E-state index contributed by atoms with van der Waals surface area (Å²) in [4.78, 5) is 18.0. The van der Waals surface area contributed by atoms with Crippen molar-refractivity contribution in [3.63, 3.8) is 0 Å². The fourth-order valence-corrected chi connectivity index (χ4v) is 2.34. The van der Waals surface area contributed by atoms with Crippen LogP contribution in [0.2, 0.25) is 5.02 Å². The van der Waals surface area contributed by atoms with Crippen molar-refractivity contribution in [1.29, 1.82) is 0 Å². The van der Waals surface area contributed by atoms with Gasteiger partial charge in [-0.05, 0) is 25.0 Å². The molecule has 1 unspecified atom stereocenters. The summed E-state index contributed by atoms with van der Waals surface area (Å²) < 4.78 is 0. The number of nitrogens with one attached hydrogen (secondary N) is 1.